The predicted octanol–water partition coefficient (Wildman–Crippen LogP) is 1.76. The van der Waals surface area contributed by atoms with Crippen molar-refractivity contribution in [2.75, 3.05) is 0 Å². The molecule has 56 valence electrons. The van der Waals surface area contributed by atoms with Gasteiger partial charge in [0.05, 0.1) is 11.4 Å². The van der Waals surface area contributed by atoms with Gasteiger partial charge in [0.15, 0.2) is 0 Å². The molecule has 0 saturated heterocycles. The van der Waals surface area contributed by atoms with E-state index in [9.17, 15) is 0 Å². The van der Waals surface area contributed by atoms with Crippen molar-refractivity contribution in [3.05, 3.63) is 49.5 Å². The van der Waals surface area contributed by atoms with Gasteiger partial charge in [-0.25, -0.2) is 0 Å². The molecule has 2 heteroatoms. The van der Waals surface area contributed by atoms with Gasteiger partial charge in [0.1, 0.15) is 0 Å². The second-order valence-corrected chi connectivity index (χ2v) is 1.99. The molecule has 0 atom stereocenters. The van der Waals surface area contributed by atoms with Gasteiger partial charge >= 0.3 is 0 Å². The van der Waals surface area contributed by atoms with E-state index in [1.54, 1.807) is 6.08 Å². The van der Waals surface area contributed by atoms with Crippen molar-refractivity contribution in [3.63, 3.8) is 0 Å². The zero-order valence-electron chi connectivity index (χ0n) is 6.25. The van der Waals surface area contributed by atoms with Gasteiger partial charge in [-0.05, 0) is 12.2 Å². The van der Waals surface area contributed by atoms with Crippen molar-refractivity contribution >= 4 is 5.71 Å². The van der Waals surface area contributed by atoms with Crippen LogP contribution in [0.25, 0.3) is 0 Å². The molecule has 2 nitrogen and oxygen atoms in total. The first-order valence-electron chi connectivity index (χ1n) is 3.33. The summed E-state index contributed by atoms with van der Waals surface area (Å²) in [7, 11) is 0. The number of nitrogens with zero attached hydrogens (tertiary/aromatic N) is 1. The highest BCUT2D eigenvalue weighted by molar-refractivity contribution is 6.10. The molecule has 0 saturated carbocycles. The molecule has 0 radical (unpaired) electrons. The fourth-order valence-corrected chi connectivity index (χ4v) is 0.836. The topological polar surface area (TPSA) is 24.4 Å². The Morgan fingerprint density at radius 1 is 1.45 bits per heavy atom. The molecular formula is C9H10N2. The first-order valence-corrected chi connectivity index (χ1v) is 3.33. The average Bonchev–Trinajstić information content (AvgIpc) is 2.39. The highest BCUT2D eigenvalue weighted by Crippen LogP contribution is 2.03. The molecule has 0 aromatic heterocycles. The molecular weight excluding hydrogens is 136 g/mol. The summed E-state index contributed by atoms with van der Waals surface area (Å²) in [4.78, 5) is 4.04. The van der Waals surface area contributed by atoms with Crippen molar-refractivity contribution < 1.29 is 0 Å². The van der Waals surface area contributed by atoms with Crippen LogP contribution >= 0.6 is 0 Å². The summed E-state index contributed by atoms with van der Waals surface area (Å²) in [6.07, 6.45) is 8.81. The lowest BCUT2D eigenvalue weighted by molar-refractivity contribution is 1.17. The molecule has 0 aromatic carbocycles. The van der Waals surface area contributed by atoms with Gasteiger partial charge in [0, 0.05) is 12.4 Å². The summed E-state index contributed by atoms with van der Waals surface area (Å²) >= 11 is 0. The third-order valence-corrected chi connectivity index (χ3v) is 1.27. The monoisotopic (exact) mass is 146 g/mol. The van der Waals surface area contributed by atoms with Gasteiger partial charge in [-0.15, -0.1) is 0 Å². The molecule has 0 unspecified atom stereocenters. The molecule has 11 heavy (non-hydrogen) atoms. The second kappa shape index (κ2) is 3.56. The minimum atomic E-state index is 0.889. The van der Waals surface area contributed by atoms with Crippen molar-refractivity contribution in [2.45, 2.75) is 0 Å². The third kappa shape index (κ3) is 1.67. The van der Waals surface area contributed by atoms with Crippen LogP contribution in [0.1, 0.15) is 0 Å². The Kier molecular flexibility index (Phi) is 2.44. The first-order chi connectivity index (χ1) is 5.38. The van der Waals surface area contributed by atoms with Gasteiger partial charge in [0.2, 0.25) is 0 Å². The van der Waals surface area contributed by atoms with E-state index in [4.69, 9.17) is 0 Å². The minimum Gasteiger partial charge on any atom is -0.360 e. The molecule has 1 heterocycles. The minimum absolute atomic E-state index is 0.889. The Morgan fingerprint density at radius 2 is 2.27 bits per heavy atom. The number of allylic oxidation sites excluding steroid dienone is 3. The normalized spacial score (nSPS) is 22.2. The zero-order valence-corrected chi connectivity index (χ0v) is 6.25. The summed E-state index contributed by atoms with van der Waals surface area (Å²) in [6, 6.07) is 0. The summed E-state index contributed by atoms with van der Waals surface area (Å²) in [5, 5.41) is 3.02. The van der Waals surface area contributed by atoms with Crippen molar-refractivity contribution in [3.8, 4) is 0 Å². The molecule has 1 N–H and O–H groups in total. The maximum atomic E-state index is 4.04. The second-order valence-electron chi connectivity index (χ2n) is 1.99. The summed E-state index contributed by atoms with van der Waals surface area (Å²) < 4.78 is 0. The summed E-state index contributed by atoms with van der Waals surface area (Å²) in [5.41, 5.74) is 1.85. The maximum absolute atomic E-state index is 4.04. The van der Waals surface area contributed by atoms with E-state index in [0.717, 1.165) is 11.4 Å². The first kappa shape index (κ1) is 7.54. The largest absolute Gasteiger partial charge is 0.360 e. The lowest BCUT2D eigenvalue weighted by atomic mass is 10.3. The van der Waals surface area contributed by atoms with E-state index in [-0.39, 0.29) is 0 Å². The number of nitrogens with one attached hydrogen (secondary N) is 1. The Bertz CT molecular complexity index is 257. The molecule has 0 amide bonds. The van der Waals surface area contributed by atoms with Crippen LogP contribution in [-0.4, -0.2) is 5.71 Å². The fraction of sp³-hybridized carbons (Fsp3) is 0. The van der Waals surface area contributed by atoms with Crippen molar-refractivity contribution in [1.29, 1.82) is 0 Å². The molecule has 1 aliphatic rings. The average molecular weight is 146 g/mol. The van der Waals surface area contributed by atoms with E-state index < -0.39 is 0 Å². The molecule has 0 aromatic rings. The molecule has 1 aliphatic heterocycles. The molecule has 0 aliphatic carbocycles. The number of hydrogen-bond acceptors (Lipinski definition) is 2. The van der Waals surface area contributed by atoms with Crippen LogP contribution in [0, 0.1) is 0 Å². The van der Waals surface area contributed by atoms with Gasteiger partial charge in [-0.3, -0.25) is 4.99 Å². The maximum Gasteiger partial charge on any atom is 0.0878 e. The van der Waals surface area contributed by atoms with Crippen molar-refractivity contribution in [2.24, 2.45) is 4.99 Å². The molecule has 0 fully saturated rings. The van der Waals surface area contributed by atoms with Crippen LogP contribution in [0.15, 0.2) is 54.5 Å². The Labute approximate surface area is 66.3 Å². The van der Waals surface area contributed by atoms with E-state index in [1.165, 1.54) is 6.20 Å². The molecule has 1 rings (SSSR count). The number of rotatable bonds is 2. The Hall–Kier alpha value is -1.57. The van der Waals surface area contributed by atoms with E-state index in [2.05, 4.69) is 23.5 Å². The lowest BCUT2D eigenvalue weighted by Crippen LogP contribution is -2.04. The zero-order chi connectivity index (χ0) is 8.10. The highest BCUT2D eigenvalue weighted by atomic mass is 14.9. The SMILES string of the molecule is C=C/C=C1/NC=C/C1=N/C=C. The van der Waals surface area contributed by atoms with Gasteiger partial charge < -0.3 is 5.32 Å². The number of aliphatic imine (C=N–C) groups is 1. The van der Waals surface area contributed by atoms with E-state index >= 15 is 0 Å². The summed E-state index contributed by atoms with van der Waals surface area (Å²) in [6.45, 7) is 7.11. The smallest absolute Gasteiger partial charge is 0.0878 e. The molecule has 0 spiro atoms. The van der Waals surface area contributed by atoms with Crippen LogP contribution in [-0.2, 0) is 0 Å². The quantitative estimate of drug-likeness (QED) is 0.630. The van der Waals surface area contributed by atoms with Gasteiger partial charge in [-0.2, -0.15) is 0 Å². The lowest BCUT2D eigenvalue weighted by Gasteiger charge is -1.96. The van der Waals surface area contributed by atoms with Gasteiger partial charge in [0.25, 0.3) is 0 Å². The van der Waals surface area contributed by atoms with Crippen LogP contribution in [0.2, 0.25) is 0 Å². The van der Waals surface area contributed by atoms with Crippen LogP contribution in [0.4, 0.5) is 0 Å². The molecule has 0 bridgehead atoms. The predicted molar refractivity (Wildman–Crippen MR) is 48.2 cm³/mol. The Morgan fingerprint density at radius 3 is 2.91 bits per heavy atom. The number of hydrogen-bond donors (Lipinski definition) is 1. The fourth-order valence-electron chi connectivity index (χ4n) is 0.836. The van der Waals surface area contributed by atoms with Crippen LogP contribution < -0.4 is 5.32 Å². The van der Waals surface area contributed by atoms with Crippen molar-refractivity contribution in [1.82, 2.24) is 5.32 Å². The van der Waals surface area contributed by atoms with Gasteiger partial charge in [-0.1, -0.05) is 19.2 Å². The van der Waals surface area contributed by atoms with Crippen LogP contribution in [0.3, 0.4) is 0 Å². The highest BCUT2D eigenvalue weighted by Gasteiger charge is 2.05. The Balaban J connectivity index is 2.87. The van der Waals surface area contributed by atoms with E-state index in [0.29, 0.717) is 0 Å². The van der Waals surface area contributed by atoms with E-state index in [1.807, 2.05) is 18.4 Å². The summed E-state index contributed by atoms with van der Waals surface area (Å²) in [5.74, 6) is 0. The van der Waals surface area contributed by atoms with Crippen LogP contribution in [0.5, 0.6) is 0 Å². The third-order valence-electron chi connectivity index (χ3n) is 1.27. The standard InChI is InChI=1S/C9H10N2/c1-3-5-8-9(10-4-2)6-7-11-8/h3-7,11H,1-2H2/b8-5+,10-9-.